The van der Waals surface area contributed by atoms with Gasteiger partial charge in [-0.2, -0.15) is 0 Å². The maximum absolute atomic E-state index is 12.8. The van der Waals surface area contributed by atoms with Crippen LogP contribution < -0.4 is 5.32 Å². The first-order valence-electron chi connectivity index (χ1n) is 8.08. The molecule has 0 fully saturated rings. The minimum atomic E-state index is -0.591. The lowest BCUT2D eigenvalue weighted by atomic mass is 9.77. The first kappa shape index (κ1) is 16.7. The molecule has 1 atom stereocenters. The van der Waals surface area contributed by atoms with Gasteiger partial charge < -0.3 is 5.32 Å². The Morgan fingerprint density at radius 3 is 2.50 bits per heavy atom. The second-order valence-corrected chi connectivity index (χ2v) is 6.26. The van der Waals surface area contributed by atoms with E-state index in [0.29, 0.717) is 34.0 Å². The molecule has 2 aromatic rings. The number of nitrogens with one attached hydrogen (secondary N) is 1. The predicted octanol–water partition coefficient (Wildman–Crippen LogP) is 4.20. The van der Waals surface area contributed by atoms with Crippen LogP contribution in [0.3, 0.4) is 0 Å². The molecule has 0 aliphatic heterocycles. The highest BCUT2D eigenvalue weighted by atomic mass is 35.5. The predicted molar refractivity (Wildman–Crippen MR) is 95.0 cm³/mol. The van der Waals surface area contributed by atoms with Crippen molar-refractivity contribution in [1.82, 2.24) is 0 Å². The third kappa shape index (κ3) is 2.71. The van der Waals surface area contributed by atoms with E-state index in [1.807, 2.05) is 6.92 Å². The number of carbonyl (C=O) groups is 3. The number of hydrogen-bond acceptors (Lipinski definition) is 3. The summed E-state index contributed by atoms with van der Waals surface area (Å²) in [5.74, 6) is -1.31. The highest BCUT2D eigenvalue weighted by Gasteiger charge is 2.35. The van der Waals surface area contributed by atoms with Crippen LogP contribution in [0.25, 0.3) is 10.8 Å². The van der Waals surface area contributed by atoms with Gasteiger partial charge in [-0.1, -0.05) is 38.0 Å². The van der Waals surface area contributed by atoms with Gasteiger partial charge in [-0.05, 0) is 18.6 Å². The highest BCUT2D eigenvalue weighted by molar-refractivity contribution is 6.32. The summed E-state index contributed by atoms with van der Waals surface area (Å²) >= 11 is 5.55. The Bertz CT molecular complexity index is 822. The Kier molecular flexibility index (Phi) is 4.67. The molecule has 24 heavy (non-hydrogen) atoms. The van der Waals surface area contributed by atoms with Crippen molar-refractivity contribution >= 4 is 45.5 Å². The maximum Gasteiger partial charge on any atom is 0.239 e. The standard InChI is InChI=1S/C19H18ClNO3/c1-2-3-5-14-18(23)12-7-4-6-11-15(21-16(22)10-20)9-8-13(17(11)12)19(14)24/h4,6-9,14H,2-3,5,10H2,1H3,(H,21,22). The zero-order chi connectivity index (χ0) is 17.3. The van der Waals surface area contributed by atoms with Crippen LogP contribution in [0.4, 0.5) is 5.69 Å². The van der Waals surface area contributed by atoms with Crippen LogP contribution in [0.15, 0.2) is 30.3 Å². The van der Waals surface area contributed by atoms with Crippen molar-refractivity contribution in [2.75, 3.05) is 11.2 Å². The van der Waals surface area contributed by atoms with Crippen molar-refractivity contribution < 1.29 is 14.4 Å². The Hall–Kier alpha value is -2.20. The first-order valence-corrected chi connectivity index (χ1v) is 8.62. The van der Waals surface area contributed by atoms with Gasteiger partial charge in [0.2, 0.25) is 5.91 Å². The molecule has 0 bridgehead atoms. The van der Waals surface area contributed by atoms with Gasteiger partial charge in [-0.15, -0.1) is 11.6 Å². The summed E-state index contributed by atoms with van der Waals surface area (Å²) in [6.07, 6.45) is 2.36. The van der Waals surface area contributed by atoms with Crippen LogP contribution in [0.5, 0.6) is 0 Å². The summed E-state index contributed by atoms with van der Waals surface area (Å²) in [6, 6.07) is 8.74. The van der Waals surface area contributed by atoms with E-state index in [9.17, 15) is 14.4 Å². The Labute approximate surface area is 145 Å². The zero-order valence-electron chi connectivity index (χ0n) is 13.4. The topological polar surface area (TPSA) is 63.2 Å². The number of Topliss-reactive ketones (excluding diaryl/α,β-unsaturated/α-hetero) is 2. The van der Waals surface area contributed by atoms with E-state index in [1.165, 1.54) is 0 Å². The number of halogens is 1. The first-order chi connectivity index (χ1) is 11.6. The monoisotopic (exact) mass is 343 g/mol. The average molecular weight is 344 g/mol. The third-order valence-electron chi connectivity index (χ3n) is 4.45. The number of anilines is 1. The molecular weight excluding hydrogens is 326 g/mol. The molecule has 4 nitrogen and oxygen atoms in total. The summed E-state index contributed by atoms with van der Waals surface area (Å²) in [7, 11) is 0. The van der Waals surface area contributed by atoms with E-state index in [-0.39, 0.29) is 23.4 Å². The van der Waals surface area contributed by atoms with Crippen molar-refractivity contribution in [2.24, 2.45) is 5.92 Å². The summed E-state index contributed by atoms with van der Waals surface area (Å²) in [4.78, 5) is 37.2. The normalized spacial score (nSPS) is 16.5. The van der Waals surface area contributed by atoms with Crippen LogP contribution >= 0.6 is 11.6 Å². The van der Waals surface area contributed by atoms with E-state index in [0.717, 1.165) is 12.8 Å². The summed E-state index contributed by atoms with van der Waals surface area (Å²) in [6.45, 7) is 2.04. The van der Waals surface area contributed by atoms with Crippen LogP contribution in [0, 0.1) is 5.92 Å². The molecule has 1 unspecified atom stereocenters. The van der Waals surface area contributed by atoms with Crippen molar-refractivity contribution in [3.8, 4) is 0 Å². The molecule has 1 N–H and O–H groups in total. The molecule has 2 aromatic carbocycles. The van der Waals surface area contributed by atoms with Gasteiger partial charge >= 0.3 is 0 Å². The fourth-order valence-corrected chi connectivity index (χ4v) is 3.34. The molecule has 0 aromatic heterocycles. The number of benzene rings is 2. The molecule has 1 aliphatic carbocycles. The smallest absolute Gasteiger partial charge is 0.239 e. The van der Waals surface area contributed by atoms with Gasteiger partial charge in [0.1, 0.15) is 5.88 Å². The van der Waals surface area contributed by atoms with Gasteiger partial charge in [0.05, 0.1) is 5.92 Å². The molecule has 124 valence electrons. The van der Waals surface area contributed by atoms with Gasteiger partial charge in [0, 0.05) is 27.6 Å². The Morgan fingerprint density at radius 2 is 1.83 bits per heavy atom. The Morgan fingerprint density at radius 1 is 1.12 bits per heavy atom. The van der Waals surface area contributed by atoms with E-state index in [4.69, 9.17) is 11.6 Å². The van der Waals surface area contributed by atoms with Gasteiger partial charge in [-0.3, -0.25) is 14.4 Å². The van der Waals surface area contributed by atoms with E-state index in [1.54, 1.807) is 30.3 Å². The minimum Gasteiger partial charge on any atom is -0.324 e. The largest absolute Gasteiger partial charge is 0.324 e. The molecule has 5 heteroatoms. The number of hydrogen-bond donors (Lipinski definition) is 1. The number of ketones is 2. The van der Waals surface area contributed by atoms with E-state index < -0.39 is 5.92 Å². The number of rotatable bonds is 5. The minimum absolute atomic E-state index is 0.118. The Balaban J connectivity index is 2.15. The molecule has 1 amide bonds. The van der Waals surface area contributed by atoms with Crippen LogP contribution in [0.2, 0.25) is 0 Å². The van der Waals surface area contributed by atoms with Crippen LogP contribution in [0.1, 0.15) is 46.9 Å². The van der Waals surface area contributed by atoms with Crippen LogP contribution in [-0.4, -0.2) is 23.4 Å². The van der Waals surface area contributed by atoms with Crippen molar-refractivity contribution in [1.29, 1.82) is 0 Å². The zero-order valence-corrected chi connectivity index (χ0v) is 14.2. The average Bonchev–Trinajstić information content (AvgIpc) is 2.60. The molecule has 0 saturated carbocycles. The van der Waals surface area contributed by atoms with E-state index >= 15 is 0 Å². The lowest BCUT2D eigenvalue weighted by Gasteiger charge is -2.24. The number of amides is 1. The van der Waals surface area contributed by atoms with Crippen LogP contribution in [-0.2, 0) is 4.79 Å². The second kappa shape index (κ2) is 6.73. The van der Waals surface area contributed by atoms with Gasteiger partial charge in [0.15, 0.2) is 11.6 Å². The molecule has 0 radical (unpaired) electrons. The molecule has 0 spiro atoms. The second-order valence-electron chi connectivity index (χ2n) is 5.99. The fourth-order valence-electron chi connectivity index (χ4n) is 3.27. The molecule has 0 saturated heterocycles. The van der Waals surface area contributed by atoms with Crippen molar-refractivity contribution in [2.45, 2.75) is 26.2 Å². The summed E-state index contributed by atoms with van der Waals surface area (Å²) < 4.78 is 0. The van der Waals surface area contributed by atoms with E-state index in [2.05, 4.69) is 5.32 Å². The number of unbranched alkanes of at least 4 members (excludes halogenated alkanes) is 1. The van der Waals surface area contributed by atoms with Crippen molar-refractivity contribution in [3.05, 3.63) is 41.5 Å². The van der Waals surface area contributed by atoms with Crippen molar-refractivity contribution in [3.63, 3.8) is 0 Å². The summed E-state index contributed by atoms with van der Waals surface area (Å²) in [5.41, 5.74) is 1.68. The van der Waals surface area contributed by atoms with Gasteiger partial charge in [-0.25, -0.2) is 0 Å². The lowest BCUT2D eigenvalue weighted by Crippen LogP contribution is -2.29. The van der Waals surface area contributed by atoms with Gasteiger partial charge in [0.25, 0.3) is 0 Å². The molecule has 0 heterocycles. The summed E-state index contributed by atoms with van der Waals surface area (Å²) in [5, 5.41) is 4.04. The third-order valence-corrected chi connectivity index (χ3v) is 4.69. The SMILES string of the molecule is CCCCC1C(=O)c2cccc3c(NC(=O)CCl)ccc(c23)C1=O. The number of carbonyl (C=O) groups excluding carboxylic acids is 3. The molecule has 1 aliphatic rings. The fraction of sp³-hybridized carbons (Fsp3) is 0.316. The maximum atomic E-state index is 12.8. The number of alkyl halides is 1. The molecular formula is C19H18ClNO3. The quantitative estimate of drug-likeness (QED) is 0.653. The highest BCUT2D eigenvalue weighted by Crippen LogP contribution is 2.37. The molecule has 3 rings (SSSR count). The lowest BCUT2D eigenvalue weighted by molar-refractivity contribution is -0.113.